The molecule has 6 nitrogen and oxygen atoms in total. The van der Waals surface area contributed by atoms with Crippen LogP contribution in [0.2, 0.25) is 0 Å². The average Bonchev–Trinajstić information content (AvgIpc) is 3.02. The van der Waals surface area contributed by atoms with Crippen molar-refractivity contribution in [3.8, 4) is 11.5 Å². The van der Waals surface area contributed by atoms with Crippen molar-refractivity contribution in [2.24, 2.45) is 5.84 Å². The first-order chi connectivity index (χ1) is 9.36. The second kappa shape index (κ2) is 5.27. The molecule has 2 aromatic heterocycles. The average molecular weight is 256 g/mol. The minimum Gasteiger partial charge on any atom is -0.308 e. The van der Waals surface area contributed by atoms with Crippen molar-refractivity contribution in [1.82, 2.24) is 19.9 Å². The maximum absolute atomic E-state index is 5.49. The van der Waals surface area contributed by atoms with Gasteiger partial charge in [-0.3, -0.25) is 0 Å². The lowest BCUT2D eigenvalue weighted by atomic mass is 10.0. The Morgan fingerprint density at radius 3 is 2.74 bits per heavy atom. The molecule has 0 amide bonds. The van der Waals surface area contributed by atoms with Gasteiger partial charge in [0.15, 0.2) is 5.82 Å². The standard InChI is InChI=1S/C13H16N6/c14-19-12-7-11(9-3-1-2-4-9)17-13(18-12)10-5-6-15-8-16-10/h5-9H,1-4,14H2,(H,17,18,19). The summed E-state index contributed by atoms with van der Waals surface area (Å²) in [5.41, 5.74) is 4.37. The van der Waals surface area contributed by atoms with Crippen molar-refractivity contribution in [2.45, 2.75) is 31.6 Å². The van der Waals surface area contributed by atoms with Crippen molar-refractivity contribution in [3.63, 3.8) is 0 Å². The minimum atomic E-state index is 0.510. The third kappa shape index (κ3) is 2.53. The predicted molar refractivity (Wildman–Crippen MR) is 72.1 cm³/mol. The quantitative estimate of drug-likeness (QED) is 0.643. The Morgan fingerprint density at radius 1 is 1.21 bits per heavy atom. The summed E-state index contributed by atoms with van der Waals surface area (Å²) in [5, 5.41) is 0. The monoisotopic (exact) mass is 256 g/mol. The smallest absolute Gasteiger partial charge is 0.180 e. The van der Waals surface area contributed by atoms with Gasteiger partial charge in [0, 0.05) is 23.9 Å². The number of rotatable bonds is 3. The fourth-order valence-electron chi connectivity index (χ4n) is 2.51. The molecule has 0 spiro atoms. The zero-order valence-corrected chi connectivity index (χ0v) is 10.6. The molecule has 98 valence electrons. The number of hydrogen-bond acceptors (Lipinski definition) is 6. The summed E-state index contributed by atoms with van der Waals surface area (Å²) < 4.78 is 0. The largest absolute Gasteiger partial charge is 0.308 e. The Morgan fingerprint density at radius 2 is 2.05 bits per heavy atom. The Bertz CT molecular complexity index is 550. The van der Waals surface area contributed by atoms with Crippen LogP contribution in [0.3, 0.4) is 0 Å². The van der Waals surface area contributed by atoms with Gasteiger partial charge in [0.05, 0.1) is 0 Å². The van der Waals surface area contributed by atoms with Crippen LogP contribution < -0.4 is 11.3 Å². The molecule has 2 heterocycles. The van der Waals surface area contributed by atoms with Gasteiger partial charge in [0.25, 0.3) is 0 Å². The van der Waals surface area contributed by atoms with E-state index >= 15 is 0 Å². The highest BCUT2D eigenvalue weighted by Crippen LogP contribution is 2.34. The molecule has 0 saturated heterocycles. The minimum absolute atomic E-state index is 0.510. The molecule has 0 bridgehead atoms. The van der Waals surface area contributed by atoms with Crippen LogP contribution in [0.4, 0.5) is 5.82 Å². The van der Waals surface area contributed by atoms with Crippen LogP contribution in [-0.4, -0.2) is 19.9 Å². The topological polar surface area (TPSA) is 89.6 Å². The highest BCUT2D eigenvalue weighted by molar-refractivity contribution is 5.52. The molecule has 0 radical (unpaired) electrons. The van der Waals surface area contributed by atoms with Gasteiger partial charge in [0.1, 0.15) is 17.8 Å². The number of aromatic nitrogens is 4. The summed E-state index contributed by atoms with van der Waals surface area (Å²) in [4.78, 5) is 17.1. The van der Waals surface area contributed by atoms with E-state index in [1.54, 1.807) is 12.3 Å². The summed E-state index contributed by atoms with van der Waals surface area (Å²) in [6.45, 7) is 0. The van der Waals surface area contributed by atoms with Gasteiger partial charge in [-0.1, -0.05) is 12.8 Å². The molecule has 19 heavy (non-hydrogen) atoms. The molecule has 2 aromatic rings. The van der Waals surface area contributed by atoms with Crippen LogP contribution in [0.1, 0.15) is 37.3 Å². The third-order valence-corrected chi connectivity index (χ3v) is 3.48. The van der Waals surface area contributed by atoms with Gasteiger partial charge in [-0.15, -0.1) is 0 Å². The first-order valence-electron chi connectivity index (χ1n) is 6.49. The number of nitrogens with two attached hydrogens (primary N) is 1. The molecule has 1 fully saturated rings. The summed E-state index contributed by atoms with van der Waals surface area (Å²) in [5.74, 6) is 7.23. The fraction of sp³-hybridized carbons (Fsp3) is 0.385. The summed E-state index contributed by atoms with van der Waals surface area (Å²) >= 11 is 0. The number of nitrogens with zero attached hydrogens (tertiary/aromatic N) is 4. The summed E-state index contributed by atoms with van der Waals surface area (Å²) in [6.07, 6.45) is 8.08. The van der Waals surface area contributed by atoms with E-state index in [9.17, 15) is 0 Å². The van der Waals surface area contributed by atoms with Gasteiger partial charge < -0.3 is 5.43 Å². The number of hydrazine groups is 1. The number of hydrogen-bond donors (Lipinski definition) is 2. The number of nitrogen functional groups attached to an aromatic ring is 1. The SMILES string of the molecule is NNc1cc(C2CCCC2)nc(-c2ccncn2)n1. The molecule has 1 aliphatic rings. The maximum atomic E-state index is 5.49. The van der Waals surface area contributed by atoms with E-state index in [4.69, 9.17) is 5.84 Å². The number of nitrogens with one attached hydrogen (secondary N) is 1. The molecular formula is C13H16N6. The summed E-state index contributed by atoms with van der Waals surface area (Å²) in [6, 6.07) is 3.73. The van der Waals surface area contributed by atoms with Crippen LogP contribution in [0.25, 0.3) is 11.5 Å². The normalized spacial score (nSPS) is 15.6. The van der Waals surface area contributed by atoms with Crippen LogP contribution >= 0.6 is 0 Å². The Labute approximate surface area is 111 Å². The van der Waals surface area contributed by atoms with Crippen molar-refractivity contribution >= 4 is 5.82 Å². The van der Waals surface area contributed by atoms with E-state index in [-0.39, 0.29) is 0 Å². The molecule has 0 aliphatic heterocycles. The molecule has 0 unspecified atom stereocenters. The number of anilines is 1. The van der Waals surface area contributed by atoms with Crippen LogP contribution in [0.15, 0.2) is 24.7 Å². The Kier molecular flexibility index (Phi) is 3.33. The van der Waals surface area contributed by atoms with E-state index in [0.29, 0.717) is 23.3 Å². The van der Waals surface area contributed by atoms with E-state index in [1.165, 1.54) is 32.0 Å². The molecule has 1 aliphatic carbocycles. The third-order valence-electron chi connectivity index (χ3n) is 3.48. The molecular weight excluding hydrogens is 240 g/mol. The molecule has 0 aromatic carbocycles. The van der Waals surface area contributed by atoms with Crippen LogP contribution in [0, 0.1) is 0 Å². The fourth-order valence-corrected chi connectivity index (χ4v) is 2.51. The van der Waals surface area contributed by atoms with Crippen molar-refractivity contribution in [3.05, 3.63) is 30.4 Å². The first-order valence-corrected chi connectivity index (χ1v) is 6.49. The van der Waals surface area contributed by atoms with Crippen LogP contribution in [-0.2, 0) is 0 Å². The summed E-state index contributed by atoms with van der Waals surface area (Å²) in [7, 11) is 0. The molecule has 3 rings (SSSR count). The van der Waals surface area contributed by atoms with E-state index in [1.807, 2.05) is 6.07 Å². The van der Waals surface area contributed by atoms with Crippen molar-refractivity contribution in [1.29, 1.82) is 0 Å². The van der Waals surface area contributed by atoms with E-state index in [0.717, 1.165) is 5.69 Å². The Hall–Kier alpha value is -2.08. The zero-order valence-electron chi connectivity index (χ0n) is 10.6. The maximum Gasteiger partial charge on any atom is 0.180 e. The second-order valence-corrected chi connectivity index (χ2v) is 4.72. The molecule has 6 heteroatoms. The van der Waals surface area contributed by atoms with Gasteiger partial charge >= 0.3 is 0 Å². The highest BCUT2D eigenvalue weighted by atomic mass is 15.3. The van der Waals surface area contributed by atoms with Crippen LogP contribution in [0.5, 0.6) is 0 Å². The lowest BCUT2D eigenvalue weighted by Crippen LogP contribution is -2.11. The van der Waals surface area contributed by atoms with E-state index in [2.05, 4.69) is 25.4 Å². The Balaban J connectivity index is 2.02. The predicted octanol–water partition coefficient (Wildman–Crippen LogP) is 1.88. The second-order valence-electron chi connectivity index (χ2n) is 4.72. The van der Waals surface area contributed by atoms with Gasteiger partial charge in [-0.2, -0.15) is 0 Å². The van der Waals surface area contributed by atoms with Gasteiger partial charge in [-0.05, 0) is 18.9 Å². The lowest BCUT2D eigenvalue weighted by Gasteiger charge is -2.11. The first kappa shape index (κ1) is 12.0. The molecule has 0 atom stereocenters. The van der Waals surface area contributed by atoms with Gasteiger partial charge in [0.2, 0.25) is 0 Å². The molecule has 1 saturated carbocycles. The van der Waals surface area contributed by atoms with E-state index < -0.39 is 0 Å². The highest BCUT2D eigenvalue weighted by Gasteiger charge is 2.20. The van der Waals surface area contributed by atoms with Gasteiger partial charge in [-0.25, -0.2) is 25.8 Å². The zero-order chi connectivity index (χ0) is 13.1. The van der Waals surface area contributed by atoms with Crippen molar-refractivity contribution < 1.29 is 0 Å². The van der Waals surface area contributed by atoms with Crippen molar-refractivity contribution in [2.75, 3.05) is 5.43 Å². The molecule has 3 N–H and O–H groups in total. The lowest BCUT2D eigenvalue weighted by molar-refractivity contribution is 0.695.